The molecule has 8 nitrogen and oxygen atoms in total. The summed E-state index contributed by atoms with van der Waals surface area (Å²) in [4.78, 5) is 36.7. The van der Waals surface area contributed by atoms with E-state index in [1.165, 1.54) is 14.0 Å². The summed E-state index contributed by atoms with van der Waals surface area (Å²) in [6, 6.07) is 1.01. The highest BCUT2D eigenvalue weighted by Crippen LogP contribution is 2.45. The first-order chi connectivity index (χ1) is 11.8. The highest BCUT2D eigenvalue weighted by molar-refractivity contribution is 6.28. The average Bonchev–Trinajstić information content (AvgIpc) is 2.53. The first-order valence-electron chi connectivity index (χ1n) is 7.56. The molecule has 0 saturated heterocycles. The highest BCUT2D eigenvalue weighted by atomic mass is 16.5. The van der Waals surface area contributed by atoms with E-state index in [0.29, 0.717) is 0 Å². The maximum Gasteiger partial charge on any atom is 0.232 e. The van der Waals surface area contributed by atoms with E-state index in [1.807, 2.05) is 0 Å². The first-order valence-corrected chi connectivity index (χ1v) is 7.56. The van der Waals surface area contributed by atoms with E-state index in [0.717, 1.165) is 6.07 Å². The highest BCUT2D eigenvalue weighted by Gasteiger charge is 2.45. The molecular formula is C17H16O8. The van der Waals surface area contributed by atoms with Crippen molar-refractivity contribution in [2.45, 2.75) is 32.0 Å². The predicted molar refractivity (Wildman–Crippen MR) is 82.8 cm³/mol. The molecule has 0 spiro atoms. The van der Waals surface area contributed by atoms with Crippen molar-refractivity contribution in [1.29, 1.82) is 0 Å². The van der Waals surface area contributed by atoms with Crippen LogP contribution in [0.3, 0.4) is 0 Å². The Labute approximate surface area is 142 Å². The van der Waals surface area contributed by atoms with Gasteiger partial charge in [0.15, 0.2) is 23.0 Å². The van der Waals surface area contributed by atoms with Crippen molar-refractivity contribution >= 4 is 17.3 Å². The van der Waals surface area contributed by atoms with Crippen LogP contribution in [0.4, 0.5) is 0 Å². The molecule has 2 unspecified atom stereocenters. The Balaban J connectivity index is 2.15. The van der Waals surface area contributed by atoms with Crippen molar-refractivity contribution in [1.82, 2.24) is 0 Å². The molecule has 2 aliphatic rings. The molecule has 0 fully saturated rings. The molecule has 1 aliphatic heterocycles. The van der Waals surface area contributed by atoms with Crippen LogP contribution in [0, 0.1) is 0 Å². The molecule has 0 aromatic heterocycles. The van der Waals surface area contributed by atoms with E-state index < -0.39 is 52.2 Å². The third kappa shape index (κ3) is 2.54. The van der Waals surface area contributed by atoms with Crippen LogP contribution in [0.5, 0.6) is 17.2 Å². The summed E-state index contributed by atoms with van der Waals surface area (Å²) >= 11 is 0. The zero-order valence-electron chi connectivity index (χ0n) is 13.5. The Morgan fingerprint density at radius 1 is 1.28 bits per heavy atom. The van der Waals surface area contributed by atoms with Gasteiger partial charge in [-0.3, -0.25) is 14.4 Å². The molecule has 8 heteroatoms. The molecule has 3 N–H and O–H groups in total. The Hall–Kier alpha value is -2.87. The number of allylic oxidation sites excluding steroid dienone is 1. The lowest BCUT2D eigenvalue weighted by atomic mass is 9.81. The Bertz CT molecular complexity index is 836. The fourth-order valence-electron chi connectivity index (χ4n) is 3.16. The molecule has 25 heavy (non-hydrogen) atoms. The van der Waals surface area contributed by atoms with Gasteiger partial charge in [-0.1, -0.05) is 0 Å². The van der Waals surface area contributed by atoms with Crippen molar-refractivity contribution in [2.75, 3.05) is 7.11 Å². The molecule has 1 heterocycles. The molecule has 2 atom stereocenters. The summed E-state index contributed by atoms with van der Waals surface area (Å²) in [5.41, 5.74) is -1.14. The van der Waals surface area contributed by atoms with Crippen LogP contribution >= 0.6 is 0 Å². The van der Waals surface area contributed by atoms with E-state index >= 15 is 0 Å². The first kappa shape index (κ1) is 17.0. The number of phenols is 2. The van der Waals surface area contributed by atoms with E-state index in [9.17, 15) is 29.7 Å². The second kappa shape index (κ2) is 5.89. The number of methoxy groups -OCH3 is 1. The van der Waals surface area contributed by atoms with Crippen molar-refractivity contribution in [2.24, 2.45) is 0 Å². The number of ether oxygens (including phenoxy) is 2. The number of hydrogen-bond acceptors (Lipinski definition) is 8. The summed E-state index contributed by atoms with van der Waals surface area (Å²) in [6.07, 6.45) is -2.14. The van der Waals surface area contributed by atoms with Crippen LogP contribution in [0.2, 0.25) is 0 Å². The van der Waals surface area contributed by atoms with Crippen molar-refractivity contribution in [3.05, 3.63) is 28.5 Å². The van der Waals surface area contributed by atoms with Gasteiger partial charge in [-0.15, -0.1) is 0 Å². The summed E-state index contributed by atoms with van der Waals surface area (Å²) < 4.78 is 10.4. The number of aliphatic hydroxyl groups excluding tert-OH is 1. The topological polar surface area (TPSA) is 130 Å². The summed E-state index contributed by atoms with van der Waals surface area (Å²) in [6.45, 7) is 1.34. The van der Waals surface area contributed by atoms with Gasteiger partial charge >= 0.3 is 0 Å². The molecule has 0 saturated carbocycles. The molecule has 1 aliphatic carbocycles. The molecular weight excluding hydrogens is 332 g/mol. The molecule has 132 valence electrons. The second-order valence-electron chi connectivity index (χ2n) is 6.00. The maximum absolute atomic E-state index is 12.8. The normalized spacial score (nSPS) is 22.2. The number of fused-ring (bicyclic) bond motifs is 1. The molecule has 0 radical (unpaired) electrons. The van der Waals surface area contributed by atoms with Gasteiger partial charge in [0.1, 0.15) is 17.6 Å². The van der Waals surface area contributed by atoms with Crippen LogP contribution in [-0.4, -0.2) is 52.0 Å². The summed E-state index contributed by atoms with van der Waals surface area (Å²) in [5.74, 6) is -3.61. The fraction of sp³-hybridized carbons (Fsp3) is 0.353. The summed E-state index contributed by atoms with van der Waals surface area (Å²) in [5, 5.41) is 30.6. The zero-order valence-corrected chi connectivity index (χ0v) is 13.5. The maximum atomic E-state index is 12.8. The Kier molecular flexibility index (Phi) is 4.00. The van der Waals surface area contributed by atoms with E-state index in [4.69, 9.17) is 9.47 Å². The number of ketones is 3. The number of benzene rings is 1. The number of aliphatic hydroxyl groups is 1. The number of carbonyl (C=O) groups is 3. The lowest BCUT2D eigenvalue weighted by Gasteiger charge is -2.33. The molecule has 0 bridgehead atoms. The van der Waals surface area contributed by atoms with Crippen molar-refractivity contribution in [3.8, 4) is 17.2 Å². The number of rotatable bonds is 3. The summed E-state index contributed by atoms with van der Waals surface area (Å²) in [7, 11) is 1.23. The minimum atomic E-state index is -1.32. The van der Waals surface area contributed by atoms with Crippen LogP contribution in [0.25, 0.3) is 0 Å². The largest absolute Gasteiger partial charge is 0.507 e. The Morgan fingerprint density at radius 3 is 2.56 bits per heavy atom. The minimum Gasteiger partial charge on any atom is -0.507 e. The van der Waals surface area contributed by atoms with E-state index in [2.05, 4.69) is 0 Å². The third-order valence-corrected chi connectivity index (χ3v) is 4.23. The smallest absolute Gasteiger partial charge is 0.232 e. The number of carbonyl (C=O) groups excluding carboxylic acids is 3. The standard InChI is InChI=1S/C17H16O8/c1-6(18)3-7-4-8(19)12-15(22)11-9(20)5-10(24-2)14(21)13(11)16(23)17(12)25-7/h5,7-8,19-21H,3-4H2,1-2H3. The van der Waals surface area contributed by atoms with Crippen molar-refractivity contribution < 1.29 is 39.2 Å². The van der Waals surface area contributed by atoms with E-state index in [1.54, 1.807) is 0 Å². The monoisotopic (exact) mass is 348 g/mol. The number of Topliss-reactive ketones (excluding diaryl/α,β-unsaturated/α-hetero) is 3. The average molecular weight is 348 g/mol. The van der Waals surface area contributed by atoms with E-state index in [-0.39, 0.29) is 29.9 Å². The Morgan fingerprint density at radius 2 is 1.96 bits per heavy atom. The predicted octanol–water partition coefficient (Wildman–Crippen LogP) is 0.868. The second-order valence-corrected chi connectivity index (χ2v) is 6.00. The van der Waals surface area contributed by atoms with Crippen LogP contribution in [-0.2, 0) is 9.53 Å². The van der Waals surface area contributed by atoms with Gasteiger partial charge in [0.25, 0.3) is 0 Å². The zero-order chi connectivity index (χ0) is 18.5. The van der Waals surface area contributed by atoms with Gasteiger partial charge in [0.05, 0.1) is 29.9 Å². The number of phenolic OH excluding ortho intramolecular Hbond substituents is 2. The SMILES string of the molecule is COc1cc(O)c2c(c1O)C(=O)C1=C(C2=O)C(O)CC(CC(C)=O)O1. The lowest BCUT2D eigenvalue weighted by molar-refractivity contribution is -0.119. The molecule has 0 amide bonds. The fourth-order valence-corrected chi connectivity index (χ4v) is 3.16. The lowest BCUT2D eigenvalue weighted by Crippen LogP contribution is -2.38. The van der Waals surface area contributed by atoms with Gasteiger partial charge in [-0.2, -0.15) is 0 Å². The molecule has 1 aromatic rings. The van der Waals surface area contributed by atoms with Gasteiger partial charge < -0.3 is 24.8 Å². The molecule has 3 rings (SSSR count). The van der Waals surface area contributed by atoms with Gasteiger partial charge in [-0.25, -0.2) is 0 Å². The number of hydrogen-bond donors (Lipinski definition) is 3. The van der Waals surface area contributed by atoms with Crippen LogP contribution in [0.15, 0.2) is 17.4 Å². The van der Waals surface area contributed by atoms with Gasteiger partial charge in [-0.05, 0) is 6.92 Å². The minimum absolute atomic E-state index is 0.0302. The van der Waals surface area contributed by atoms with Gasteiger partial charge in [0.2, 0.25) is 5.78 Å². The third-order valence-electron chi connectivity index (χ3n) is 4.23. The quantitative estimate of drug-likeness (QED) is 0.686. The van der Waals surface area contributed by atoms with Gasteiger partial charge in [0, 0.05) is 18.9 Å². The number of aromatic hydroxyl groups is 2. The molecule has 1 aromatic carbocycles. The van der Waals surface area contributed by atoms with Crippen LogP contribution in [0.1, 0.15) is 40.5 Å². The van der Waals surface area contributed by atoms with Crippen LogP contribution < -0.4 is 4.74 Å². The van der Waals surface area contributed by atoms with Crippen molar-refractivity contribution in [3.63, 3.8) is 0 Å².